The second-order valence-corrected chi connectivity index (χ2v) is 2.75. The van der Waals surface area contributed by atoms with Crippen LogP contribution >= 0.6 is 11.8 Å². The maximum Gasteiger partial charge on any atom is 0.0539 e. The molecule has 8 heavy (non-hydrogen) atoms. The SMILES string of the molecule is CCC(NC)SCN. The van der Waals surface area contributed by atoms with Gasteiger partial charge in [0.2, 0.25) is 0 Å². The summed E-state index contributed by atoms with van der Waals surface area (Å²) >= 11 is 1.74. The Morgan fingerprint density at radius 3 is 2.50 bits per heavy atom. The molecule has 50 valence electrons. The first-order valence-electron chi connectivity index (χ1n) is 2.84. The molecule has 0 radical (unpaired) electrons. The van der Waals surface area contributed by atoms with Gasteiger partial charge in [-0.2, -0.15) is 0 Å². The van der Waals surface area contributed by atoms with Crippen molar-refractivity contribution in [3.8, 4) is 0 Å². The fourth-order valence-corrected chi connectivity index (χ4v) is 1.16. The van der Waals surface area contributed by atoms with Gasteiger partial charge in [0.05, 0.1) is 5.37 Å². The highest BCUT2D eigenvalue weighted by Gasteiger charge is 1.98. The van der Waals surface area contributed by atoms with Crippen molar-refractivity contribution in [2.24, 2.45) is 5.73 Å². The summed E-state index contributed by atoms with van der Waals surface area (Å²) in [4.78, 5) is 0. The molecule has 0 rings (SSSR count). The van der Waals surface area contributed by atoms with Crippen LogP contribution in [-0.2, 0) is 0 Å². The Kier molecular flexibility index (Phi) is 5.59. The first-order chi connectivity index (χ1) is 3.85. The van der Waals surface area contributed by atoms with Crippen molar-refractivity contribution in [1.29, 1.82) is 0 Å². The van der Waals surface area contributed by atoms with Crippen molar-refractivity contribution in [2.45, 2.75) is 18.7 Å². The fraction of sp³-hybridized carbons (Fsp3) is 1.00. The maximum absolute atomic E-state index is 5.30. The minimum Gasteiger partial charge on any atom is -0.322 e. The van der Waals surface area contributed by atoms with Crippen LogP contribution in [0.2, 0.25) is 0 Å². The highest BCUT2D eigenvalue weighted by molar-refractivity contribution is 7.99. The molecule has 0 aliphatic heterocycles. The molecule has 0 aromatic rings. The lowest BCUT2D eigenvalue weighted by Gasteiger charge is -2.10. The quantitative estimate of drug-likeness (QED) is 0.553. The Bertz CT molecular complexity index is 45.7. The fourth-order valence-electron chi connectivity index (χ4n) is 0.521. The van der Waals surface area contributed by atoms with Crippen molar-refractivity contribution in [2.75, 3.05) is 12.9 Å². The first-order valence-corrected chi connectivity index (χ1v) is 3.89. The van der Waals surface area contributed by atoms with Gasteiger partial charge in [0.15, 0.2) is 0 Å². The van der Waals surface area contributed by atoms with E-state index in [0.29, 0.717) is 11.3 Å². The van der Waals surface area contributed by atoms with Crippen LogP contribution in [0.5, 0.6) is 0 Å². The lowest BCUT2D eigenvalue weighted by molar-refractivity contribution is 0.718. The van der Waals surface area contributed by atoms with Crippen molar-refractivity contribution in [3.63, 3.8) is 0 Å². The van der Waals surface area contributed by atoms with Gasteiger partial charge in [0.1, 0.15) is 0 Å². The second-order valence-electron chi connectivity index (χ2n) is 1.52. The van der Waals surface area contributed by atoms with Crippen LogP contribution in [0.1, 0.15) is 13.3 Å². The lowest BCUT2D eigenvalue weighted by Crippen LogP contribution is -2.21. The average Bonchev–Trinajstić information content (AvgIpc) is 1.83. The van der Waals surface area contributed by atoms with Crippen LogP contribution in [-0.4, -0.2) is 18.3 Å². The zero-order valence-electron chi connectivity index (χ0n) is 5.48. The normalized spacial score (nSPS) is 13.9. The summed E-state index contributed by atoms with van der Waals surface area (Å²) in [5.74, 6) is 0.708. The summed E-state index contributed by atoms with van der Waals surface area (Å²) in [5.41, 5.74) is 5.30. The van der Waals surface area contributed by atoms with Crippen LogP contribution in [0.3, 0.4) is 0 Å². The number of hydrogen-bond acceptors (Lipinski definition) is 3. The van der Waals surface area contributed by atoms with Crippen molar-refractivity contribution in [3.05, 3.63) is 0 Å². The summed E-state index contributed by atoms with van der Waals surface area (Å²) in [5, 5.41) is 3.68. The molecule has 0 saturated carbocycles. The van der Waals surface area contributed by atoms with Crippen molar-refractivity contribution < 1.29 is 0 Å². The summed E-state index contributed by atoms with van der Waals surface area (Å²) in [6.07, 6.45) is 1.14. The second kappa shape index (κ2) is 5.41. The molecule has 0 spiro atoms. The lowest BCUT2D eigenvalue weighted by atomic mass is 10.5. The zero-order chi connectivity index (χ0) is 6.41. The van der Waals surface area contributed by atoms with Gasteiger partial charge in [-0.3, -0.25) is 0 Å². The van der Waals surface area contributed by atoms with E-state index in [1.54, 1.807) is 11.8 Å². The zero-order valence-corrected chi connectivity index (χ0v) is 6.29. The average molecular weight is 134 g/mol. The number of thioether (sulfide) groups is 1. The van der Waals surface area contributed by atoms with Gasteiger partial charge in [-0.1, -0.05) is 6.92 Å². The Labute approximate surface area is 55.2 Å². The summed E-state index contributed by atoms with van der Waals surface area (Å²) in [7, 11) is 1.96. The molecule has 0 aliphatic carbocycles. The van der Waals surface area contributed by atoms with E-state index in [9.17, 15) is 0 Å². The summed E-state index contributed by atoms with van der Waals surface area (Å²) < 4.78 is 0. The predicted octanol–water partition coefficient (Wildman–Crippen LogP) is 0.591. The van der Waals surface area contributed by atoms with Gasteiger partial charge in [0, 0.05) is 5.88 Å². The molecule has 2 nitrogen and oxygen atoms in total. The molecule has 0 saturated heterocycles. The highest BCUT2D eigenvalue weighted by atomic mass is 32.2. The van der Waals surface area contributed by atoms with E-state index >= 15 is 0 Å². The van der Waals surface area contributed by atoms with E-state index in [0.717, 1.165) is 6.42 Å². The Hall–Kier alpha value is 0.270. The monoisotopic (exact) mass is 134 g/mol. The molecule has 0 fully saturated rings. The van der Waals surface area contributed by atoms with E-state index in [2.05, 4.69) is 12.2 Å². The molecule has 0 aromatic heterocycles. The van der Waals surface area contributed by atoms with Gasteiger partial charge in [0.25, 0.3) is 0 Å². The number of hydrogen-bond donors (Lipinski definition) is 2. The molecule has 1 atom stereocenters. The maximum atomic E-state index is 5.30. The third kappa shape index (κ3) is 3.29. The third-order valence-electron chi connectivity index (χ3n) is 0.990. The molecule has 3 N–H and O–H groups in total. The molecule has 0 heterocycles. The number of nitrogens with two attached hydrogens (primary N) is 1. The topological polar surface area (TPSA) is 38.0 Å². The van der Waals surface area contributed by atoms with E-state index in [4.69, 9.17) is 5.73 Å². The minimum atomic E-state index is 0.542. The largest absolute Gasteiger partial charge is 0.322 e. The van der Waals surface area contributed by atoms with Crippen LogP contribution in [0.15, 0.2) is 0 Å². The summed E-state index contributed by atoms with van der Waals surface area (Å²) in [6, 6.07) is 0. The Morgan fingerprint density at radius 2 is 2.38 bits per heavy atom. The van der Waals surface area contributed by atoms with Crippen LogP contribution in [0.4, 0.5) is 0 Å². The molecule has 0 amide bonds. The van der Waals surface area contributed by atoms with Gasteiger partial charge in [-0.15, -0.1) is 11.8 Å². The van der Waals surface area contributed by atoms with Crippen LogP contribution in [0.25, 0.3) is 0 Å². The highest BCUT2D eigenvalue weighted by Crippen LogP contribution is 2.06. The van der Waals surface area contributed by atoms with E-state index in [-0.39, 0.29) is 0 Å². The molecule has 0 aromatic carbocycles. The standard InChI is InChI=1S/C5H14N2S/c1-3-5(7-2)8-4-6/h5,7H,3-4,6H2,1-2H3. The molecule has 1 unspecified atom stereocenters. The Balaban J connectivity index is 3.07. The number of nitrogens with one attached hydrogen (secondary N) is 1. The van der Waals surface area contributed by atoms with Gasteiger partial charge < -0.3 is 11.1 Å². The van der Waals surface area contributed by atoms with Crippen molar-refractivity contribution >= 4 is 11.8 Å². The molecule has 3 heteroatoms. The number of rotatable bonds is 4. The smallest absolute Gasteiger partial charge is 0.0539 e. The van der Waals surface area contributed by atoms with E-state index < -0.39 is 0 Å². The van der Waals surface area contributed by atoms with Gasteiger partial charge in [-0.05, 0) is 13.5 Å². The third-order valence-corrected chi connectivity index (χ3v) is 2.15. The van der Waals surface area contributed by atoms with Gasteiger partial charge >= 0.3 is 0 Å². The molecular formula is C5H14N2S. The molecule has 0 aliphatic rings. The Morgan fingerprint density at radius 1 is 1.75 bits per heavy atom. The van der Waals surface area contributed by atoms with Gasteiger partial charge in [-0.25, -0.2) is 0 Å². The van der Waals surface area contributed by atoms with E-state index in [1.807, 2.05) is 7.05 Å². The van der Waals surface area contributed by atoms with Crippen LogP contribution in [0, 0.1) is 0 Å². The minimum absolute atomic E-state index is 0.542. The van der Waals surface area contributed by atoms with E-state index in [1.165, 1.54) is 0 Å². The predicted molar refractivity (Wildman–Crippen MR) is 39.8 cm³/mol. The summed E-state index contributed by atoms with van der Waals surface area (Å²) in [6.45, 7) is 2.14. The van der Waals surface area contributed by atoms with Crippen LogP contribution < -0.4 is 11.1 Å². The molecule has 0 bridgehead atoms. The van der Waals surface area contributed by atoms with Crippen molar-refractivity contribution in [1.82, 2.24) is 5.32 Å². The molecular weight excluding hydrogens is 120 g/mol. The first kappa shape index (κ1) is 8.27.